The molecule has 2 aliphatic rings. The van der Waals surface area contributed by atoms with Gasteiger partial charge in [-0.15, -0.1) is 0 Å². The quantitative estimate of drug-likeness (QED) is 0.685. The van der Waals surface area contributed by atoms with Crippen LogP contribution in [0.1, 0.15) is 19.8 Å². The smallest absolute Gasteiger partial charge is 0.234 e. The van der Waals surface area contributed by atoms with E-state index in [1.807, 2.05) is 6.92 Å². The average molecular weight is 241 g/mol. The van der Waals surface area contributed by atoms with Crippen molar-refractivity contribution in [3.8, 4) is 0 Å². The molecule has 2 unspecified atom stereocenters. The van der Waals surface area contributed by atoms with Gasteiger partial charge in [-0.05, 0) is 25.7 Å². The predicted molar refractivity (Wildman–Crippen MR) is 65.6 cm³/mol. The Labute approximate surface area is 103 Å². The van der Waals surface area contributed by atoms with E-state index in [-0.39, 0.29) is 18.1 Å². The Morgan fingerprint density at radius 3 is 2.88 bits per heavy atom. The van der Waals surface area contributed by atoms with E-state index in [4.69, 9.17) is 10.5 Å². The number of hydrogen-bond donors (Lipinski definition) is 2. The maximum Gasteiger partial charge on any atom is 0.234 e. The Kier molecular flexibility index (Phi) is 4.36. The lowest BCUT2D eigenvalue weighted by Crippen LogP contribution is -2.52. The zero-order valence-corrected chi connectivity index (χ0v) is 10.5. The number of rotatable bonds is 5. The minimum atomic E-state index is 0.0648. The highest BCUT2D eigenvalue weighted by Crippen LogP contribution is 2.27. The van der Waals surface area contributed by atoms with Crippen molar-refractivity contribution in [3.63, 3.8) is 0 Å². The summed E-state index contributed by atoms with van der Waals surface area (Å²) in [7, 11) is 0. The SMILES string of the molecule is CC1CN(CC(=O)NCC2CC2)CC(CN)O1. The molecular weight excluding hydrogens is 218 g/mol. The van der Waals surface area contributed by atoms with Crippen LogP contribution in [0.25, 0.3) is 0 Å². The van der Waals surface area contributed by atoms with Crippen molar-refractivity contribution in [2.75, 3.05) is 32.7 Å². The molecule has 1 heterocycles. The van der Waals surface area contributed by atoms with Gasteiger partial charge in [-0.1, -0.05) is 0 Å². The lowest BCUT2D eigenvalue weighted by Gasteiger charge is -2.35. The molecule has 2 atom stereocenters. The molecule has 1 aliphatic carbocycles. The Bertz CT molecular complexity index is 268. The summed E-state index contributed by atoms with van der Waals surface area (Å²) in [6, 6.07) is 0. The van der Waals surface area contributed by atoms with E-state index >= 15 is 0 Å². The second-order valence-corrected chi connectivity index (χ2v) is 5.25. The van der Waals surface area contributed by atoms with Crippen molar-refractivity contribution in [2.45, 2.75) is 32.0 Å². The van der Waals surface area contributed by atoms with E-state index in [0.717, 1.165) is 25.6 Å². The van der Waals surface area contributed by atoms with Gasteiger partial charge in [0.1, 0.15) is 0 Å². The van der Waals surface area contributed by atoms with Crippen molar-refractivity contribution in [1.29, 1.82) is 0 Å². The molecule has 1 saturated heterocycles. The number of nitrogens with one attached hydrogen (secondary N) is 1. The highest BCUT2D eigenvalue weighted by molar-refractivity contribution is 5.78. The molecule has 17 heavy (non-hydrogen) atoms. The van der Waals surface area contributed by atoms with Crippen LogP contribution in [0.3, 0.4) is 0 Å². The normalized spacial score (nSPS) is 30.2. The molecule has 0 aromatic carbocycles. The molecule has 0 spiro atoms. The highest BCUT2D eigenvalue weighted by atomic mass is 16.5. The van der Waals surface area contributed by atoms with E-state index < -0.39 is 0 Å². The molecule has 0 aromatic rings. The fourth-order valence-electron chi connectivity index (χ4n) is 2.24. The summed E-state index contributed by atoms with van der Waals surface area (Å²) in [5.41, 5.74) is 5.61. The first-order valence-corrected chi connectivity index (χ1v) is 6.52. The van der Waals surface area contributed by atoms with Gasteiger partial charge in [-0.25, -0.2) is 0 Å². The molecule has 3 N–H and O–H groups in total. The van der Waals surface area contributed by atoms with Crippen LogP contribution in [0.5, 0.6) is 0 Å². The van der Waals surface area contributed by atoms with Crippen LogP contribution in [-0.4, -0.2) is 55.7 Å². The fourth-order valence-corrected chi connectivity index (χ4v) is 2.24. The van der Waals surface area contributed by atoms with E-state index in [2.05, 4.69) is 10.2 Å². The van der Waals surface area contributed by atoms with Crippen molar-refractivity contribution < 1.29 is 9.53 Å². The molecule has 5 heteroatoms. The third-order valence-electron chi connectivity index (χ3n) is 3.32. The van der Waals surface area contributed by atoms with E-state index in [1.165, 1.54) is 12.8 Å². The Balaban J connectivity index is 1.70. The fraction of sp³-hybridized carbons (Fsp3) is 0.917. The summed E-state index contributed by atoms with van der Waals surface area (Å²) in [6.45, 7) is 5.43. The van der Waals surface area contributed by atoms with Crippen LogP contribution in [-0.2, 0) is 9.53 Å². The van der Waals surface area contributed by atoms with Gasteiger partial charge in [0.25, 0.3) is 0 Å². The molecule has 0 bridgehead atoms. The first-order valence-electron chi connectivity index (χ1n) is 6.52. The van der Waals surface area contributed by atoms with Gasteiger partial charge < -0.3 is 15.8 Å². The number of nitrogens with two attached hydrogens (primary N) is 1. The number of carbonyl (C=O) groups excluding carboxylic acids is 1. The van der Waals surface area contributed by atoms with Crippen molar-refractivity contribution in [2.24, 2.45) is 11.7 Å². The van der Waals surface area contributed by atoms with Gasteiger partial charge in [-0.2, -0.15) is 0 Å². The van der Waals surface area contributed by atoms with Gasteiger partial charge in [0.05, 0.1) is 18.8 Å². The van der Waals surface area contributed by atoms with E-state index in [1.54, 1.807) is 0 Å². The molecule has 0 aromatic heterocycles. The predicted octanol–water partition coefficient (Wildman–Crippen LogP) is -0.439. The van der Waals surface area contributed by atoms with Crippen molar-refractivity contribution in [1.82, 2.24) is 10.2 Å². The van der Waals surface area contributed by atoms with Crippen LogP contribution in [0.15, 0.2) is 0 Å². The van der Waals surface area contributed by atoms with Gasteiger partial charge in [0.15, 0.2) is 0 Å². The topological polar surface area (TPSA) is 67.6 Å². The number of hydrogen-bond acceptors (Lipinski definition) is 4. The third kappa shape index (κ3) is 4.26. The van der Waals surface area contributed by atoms with E-state index in [9.17, 15) is 4.79 Å². The Morgan fingerprint density at radius 1 is 1.47 bits per heavy atom. The number of amides is 1. The minimum absolute atomic E-state index is 0.0648. The maximum absolute atomic E-state index is 11.7. The summed E-state index contributed by atoms with van der Waals surface area (Å²) in [5.74, 6) is 0.862. The van der Waals surface area contributed by atoms with Crippen molar-refractivity contribution in [3.05, 3.63) is 0 Å². The molecule has 1 aliphatic heterocycles. The lowest BCUT2D eigenvalue weighted by molar-refractivity contribution is -0.126. The standard InChI is InChI=1S/C12H23N3O2/c1-9-6-15(7-11(4-13)17-9)8-12(16)14-5-10-2-3-10/h9-11H,2-8,13H2,1H3,(H,14,16). The number of ether oxygens (including phenoxy) is 1. The monoisotopic (exact) mass is 241 g/mol. The average Bonchev–Trinajstić information content (AvgIpc) is 3.09. The summed E-state index contributed by atoms with van der Waals surface area (Å²) in [4.78, 5) is 13.9. The van der Waals surface area contributed by atoms with E-state index in [0.29, 0.717) is 13.1 Å². The molecule has 2 rings (SSSR count). The molecule has 2 fully saturated rings. The molecule has 1 saturated carbocycles. The van der Waals surface area contributed by atoms with Gasteiger partial charge in [0, 0.05) is 26.2 Å². The van der Waals surface area contributed by atoms with Crippen LogP contribution in [0.2, 0.25) is 0 Å². The first-order chi connectivity index (χ1) is 8.17. The number of carbonyl (C=O) groups is 1. The third-order valence-corrected chi connectivity index (χ3v) is 3.32. The van der Waals surface area contributed by atoms with Crippen LogP contribution in [0.4, 0.5) is 0 Å². The second-order valence-electron chi connectivity index (χ2n) is 5.25. The summed E-state index contributed by atoms with van der Waals surface area (Å²) < 4.78 is 5.66. The second kappa shape index (κ2) is 5.80. The zero-order valence-electron chi connectivity index (χ0n) is 10.5. The van der Waals surface area contributed by atoms with Gasteiger partial charge >= 0.3 is 0 Å². The molecule has 98 valence electrons. The summed E-state index contributed by atoms with van der Waals surface area (Å²) in [6.07, 6.45) is 2.76. The van der Waals surface area contributed by atoms with Crippen LogP contribution >= 0.6 is 0 Å². The minimum Gasteiger partial charge on any atom is -0.371 e. The zero-order chi connectivity index (χ0) is 12.3. The summed E-state index contributed by atoms with van der Waals surface area (Å²) in [5, 5.41) is 2.99. The van der Waals surface area contributed by atoms with Gasteiger partial charge in [0.2, 0.25) is 5.91 Å². The Morgan fingerprint density at radius 2 is 2.24 bits per heavy atom. The molecule has 5 nitrogen and oxygen atoms in total. The molecule has 1 amide bonds. The van der Waals surface area contributed by atoms with Crippen LogP contribution < -0.4 is 11.1 Å². The number of nitrogens with zero attached hydrogens (tertiary/aromatic N) is 1. The highest BCUT2D eigenvalue weighted by Gasteiger charge is 2.26. The lowest BCUT2D eigenvalue weighted by atomic mass is 10.2. The first kappa shape index (κ1) is 12.8. The molecular formula is C12H23N3O2. The number of morpholine rings is 1. The molecule has 0 radical (unpaired) electrons. The summed E-state index contributed by atoms with van der Waals surface area (Å²) >= 11 is 0. The largest absolute Gasteiger partial charge is 0.371 e. The maximum atomic E-state index is 11.7. The van der Waals surface area contributed by atoms with Crippen LogP contribution in [0, 0.1) is 5.92 Å². The van der Waals surface area contributed by atoms with Gasteiger partial charge in [-0.3, -0.25) is 9.69 Å². The Hall–Kier alpha value is -0.650. The van der Waals surface area contributed by atoms with Crippen molar-refractivity contribution >= 4 is 5.91 Å².